The molecule has 0 saturated carbocycles. The van der Waals surface area contributed by atoms with Crippen LogP contribution in [-0.4, -0.2) is 55.5 Å². The SMILES string of the molecule is Cc1nc(CC(=O)N2CCC3(CC2)OCCc2cn(-c4ccccc4)nc23)n[nH]1. The lowest BCUT2D eigenvalue weighted by Gasteiger charge is -2.43. The molecule has 2 aliphatic rings. The van der Waals surface area contributed by atoms with Crippen molar-refractivity contribution in [3.63, 3.8) is 0 Å². The maximum Gasteiger partial charge on any atom is 0.230 e. The van der Waals surface area contributed by atoms with Crippen LogP contribution in [0.15, 0.2) is 36.5 Å². The van der Waals surface area contributed by atoms with Crippen LogP contribution in [0.25, 0.3) is 5.69 Å². The molecule has 2 aromatic heterocycles. The first kappa shape index (κ1) is 18.1. The lowest BCUT2D eigenvalue weighted by molar-refractivity contribution is -0.140. The van der Waals surface area contributed by atoms with Gasteiger partial charge in [-0.05, 0) is 43.9 Å². The number of aryl methyl sites for hydroxylation is 1. The van der Waals surface area contributed by atoms with Crippen LogP contribution in [0.1, 0.15) is 35.7 Å². The molecule has 1 spiro atoms. The molecule has 1 aromatic carbocycles. The summed E-state index contributed by atoms with van der Waals surface area (Å²) in [5.41, 5.74) is 2.93. The van der Waals surface area contributed by atoms with Gasteiger partial charge in [0.1, 0.15) is 11.4 Å². The summed E-state index contributed by atoms with van der Waals surface area (Å²) in [5.74, 6) is 1.33. The Labute approximate surface area is 168 Å². The molecule has 1 saturated heterocycles. The van der Waals surface area contributed by atoms with Gasteiger partial charge in [0.25, 0.3) is 0 Å². The highest BCUT2D eigenvalue weighted by atomic mass is 16.5. The minimum atomic E-state index is -0.397. The molecule has 0 atom stereocenters. The standard InChI is InChI=1S/C21H24N6O2/c1-15-22-18(24-23-15)13-19(28)26-10-8-21(9-11-26)20-16(7-12-29-21)14-27(25-20)17-5-3-2-4-6-17/h2-6,14H,7-13H2,1H3,(H,22,23,24). The number of piperidine rings is 1. The second-order valence-electron chi connectivity index (χ2n) is 7.77. The number of H-pyrrole nitrogens is 1. The number of nitrogens with zero attached hydrogens (tertiary/aromatic N) is 5. The fourth-order valence-corrected chi connectivity index (χ4v) is 4.33. The molecular formula is C21H24N6O2. The number of benzene rings is 1. The minimum absolute atomic E-state index is 0.0599. The maximum atomic E-state index is 12.7. The summed E-state index contributed by atoms with van der Waals surface area (Å²) in [6.45, 7) is 3.83. The molecule has 8 heteroatoms. The van der Waals surface area contributed by atoms with Crippen LogP contribution < -0.4 is 0 Å². The molecule has 1 amide bonds. The molecule has 5 rings (SSSR count). The first-order valence-corrected chi connectivity index (χ1v) is 10.1. The lowest BCUT2D eigenvalue weighted by Crippen LogP contribution is -2.48. The van der Waals surface area contributed by atoms with Crippen molar-refractivity contribution in [2.75, 3.05) is 19.7 Å². The second kappa shape index (κ2) is 7.11. The van der Waals surface area contributed by atoms with Crippen LogP contribution in [0.5, 0.6) is 0 Å². The van der Waals surface area contributed by atoms with Gasteiger partial charge in [0.2, 0.25) is 5.91 Å². The van der Waals surface area contributed by atoms with Crippen molar-refractivity contribution in [2.45, 2.75) is 38.2 Å². The summed E-state index contributed by atoms with van der Waals surface area (Å²) >= 11 is 0. The molecule has 3 aromatic rings. The van der Waals surface area contributed by atoms with E-state index in [0.717, 1.165) is 36.5 Å². The van der Waals surface area contributed by atoms with E-state index >= 15 is 0 Å². The summed E-state index contributed by atoms with van der Waals surface area (Å²) in [5, 5.41) is 11.8. The zero-order chi connectivity index (χ0) is 19.8. The Kier molecular flexibility index (Phi) is 4.43. The van der Waals surface area contributed by atoms with Crippen molar-refractivity contribution in [1.82, 2.24) is 29.9 Å². The third-order valence-electron chi connectivity index (χ3n) is 5.87. The number of fused-ring (bicyclic) bond motifs is 2. The molecule has 1 fully saturated rings. The fraction of sp³-hybridized carbons (Fsp3) is 0.429. The number of hydrogen-bond acceptors (Lipinski definition) is 5. The monoisotopic (exact) mass is 392 g/mol. The van der Waals surface area contributed by atoms with Gasteiger partial charge < -0.3 is 9.64 Å². The molecule has 0 unspecified atom stereocenters. The lowest BCUT2D eigenvalue weighted by atomic mass is 9.83. The van der Waals surface area contributed by atoms with E-state index in [-0.39, 0.29) is 12.3 Å². The van der Waals surface area contributed by atoms with Crippen LogP contribution in [0, 0.1) is 6.92 Å². The highest BCUT2D eigenvalue weighted by molar-refractivity contribution is 5.78. The van der Waals surface area contributed by atoms with Crippen LogP contribution in [0.2, 0.25) is 0 Å². The maximum absolute atomic E-state index is 12.7. The predicted molar refractivity (Wildman–Crippen MR) is 106 cm³/mol. The highest BCUT2D eigenvalue weighted by Crippen LogP contribution is 2.41. The summed E-state index contributed by atoms with van der Waals surface area (Å²) < 4.78 is 8.24. The van der Waals surface area contributed by atoms with E-state index in [2.05, 4.69) is 33.5 Å². The molecule has 29 heavy (non-hydrogen) atoms. The Morgan fingerprint density at radius 1 is 1.24 bits per heavy atom. The summed E-state index contributed by atoms with van der Waals surface area (Å²) in [6, 6.07) is 10.1. The van der Waals surface area contributed by atoms with E-state index in [4.69, 9.17) is 9.84 Å². The van der Waals surface area contributed by atoms with Gasteiger partial charge in [0, 0.05) is 19.3 Å². The van der Waals surface area contributed by atoms with Gasteiger partial charge in [-0.15, -0.1) is 0 Å². The summed E-state index contributed by atoms with van der Waals surface area (Å²) in [7, 11) is 0. The van der Waals surface area contributed by atoms with Gasteiger partial charge in [-0.1, -0.05) is 18.2 Å². The average molecular weight is 392 g/mol. The number of para-hydroxylation sites is 1. The van der Waals surface area contributed by atoms with Crippen molar-refractivity contribution in [3.8, 4) is 5.69 Å². The molecule has 0 bridgehead atoms. The van der Waals surface area contributed by atoms with Crippen molar-refractivity contribution >= 4 is 5.91 Å². The normalized spacial score (nSPS) is 18.0. The Morgan fingerprint density at radius 2 is 2.03 bits per heavy atom. The van der Waals surface area contributed by atoms with E-state index in [1.165, 1.54) is 5.56 Å². The highest BCUT2D eigenvalue weighted by Gasteiger charge is 2.44. The van der Waals surface area contributed by atoms with Crippen LogP contribution in [0.4, 0.5) is 0 Å². The number of likely N-dealkylation sites (tertiary alicyclic amines) is 1. The average Bonchev–Trinajstić information content (AvgIpc) is 3.36. The Morgan fingerprint density at radius 3 is 2.76 bits per heavy atom. The second-order valence-corrected chi connectivity index (χ2v) is 7.77. The summed E-state index contributed by atoms with van der Waals surface area (Å²) in [6.07, 6.45) is 4.73. The smallest absolute Gasteiger partial charge is 0.230 e. The quantitative estimate of drug-likeness (QED) is 0.736. The topological polar surface area (TPSA) is 88.9 Å². The number of ether oxygens (including phenoxy) is 1. The van der Waals surface area contributed by atoms with Crippen molar-refractivity contribution in [1.29, 1.82) is 0 Å². The van der Waals surface area contributed by atoms with Crippen molar-refractivity contribution < 1.29 is 9.53 Å². The Bertz CT molecular complexity index is 1020. The molecule has 0 radical (unpaired) electrons. The number of nitrogens with one attached hydrogen (secondary N) is 1. The number of aromatic amines is 1. The van der Waals surface area contributed by atoms with E-state index in [1.807, 2.05) is 34.7 Å². The van der Waals surface area contributed by atoms with Crippen molar-refractivity contribution in [3.05, 3.63) is 59.4 Å². The number of aromatic nitrogens is 5. The fourth-order valence-electron chi connectivity index (χ4n) is 4.33. The number of rotatable bonds is 3. The first-order valence-electron chi connectivity index (χ1n) is 10.1. The first-order chi connectivity index (χ1) is 14.1. The van der Waals surface area contributed by atoms with Gasteiger partial charge in [-0.25, -0.2) is 9.67 Å². The number of carbonyl (C=O) groups excluding carboxylic acids is 1. The summed E-state index contributed by atoms with van der Waals surface area (Å²) in [4.78, 5) is 18.8. The van der Waals surface area contributed by atoms with Gasteiger partial charge >= 0.3 is 0 Å². The van der Waals surface area contributed by atoms with Gasteiger partial charge in [0.05, 0.1) is 24.4 Å². The third kappa shape index (κ3) is 3.33. The molecule has 2 aliphatic heterocycles. The van der Waals surface area contributed by atoms with Crippen LogP contribution >= 0.6 is 0 Å². The van der Waals surface area contributed by atoms with Gasteiger partial charge in [-0.2, -0.15) is 10.2 Å². The third-order valence-corrected chi connectivity index (χ3v) is 5.87. The molecule has 8 nitrogen and oxygen atoms in total. The Balaban J connectivity index is 1.32. The van der Waals surface area contributed by atoms with Crippen molar-refractivity contribution in [2.24, 2.45) is 0 Å². The van der Waals surface area contributed by atoms with Crippen LogP contribution in [0.3, 0.4) is 0 Å². The van der Waals surface area contributed by atoms with Gasteiger partial charge in [0.15, 0.2) is 5.82 Å². The molecule has 150 valence electrons. The minimum Gasteiger partial charge on any atom is -0.368 e. The molecule has 4 heterocycles. The number of hydrogen-bond donors (Lipinski definition) is 1. The molecule has 1 N–H and O–H groups in total. The van der Waals surface area contributed by atoms with Crippen LogP contribution in [-0.2, 0) is 28.0 Å². The molecule has 0 aliphatic carbocycles. The molecular weight excluding hydrogens is 368 g/mol. The van der Waals surface area contributed by atoms with Gasteiger partial charge in [-0.3, -0.25) is 9.89 Å². The number of amides is 1. The number of carbonyl (C=O) groups is 1. The van der Waals surface area contributed by atoms with E-state index < -0.39 is 5.60 Å². The largest absolute Gasteiger partial charge is 0.368 e. The van der Waals surface area contributed by atoms with E-state index in [1.54, 1.807) is 0 Å². The zero-order valence-electron chi connectivity index (χ0n) is 16.5. The predicted octanol–water partition coefficient (Wildman–Crippen LogP) is 1.93. The zero-order valence-corrected chi connectivity index (χ0v) is 16.5. The van der Waals surface area contributed by atoms with E-state index in [9.17, 15) is 4.79 Å². The van der Waals surface area contributed by atoms with E-state index in [0.29, 0.717) is 25.5 Å². The Hall–Kier alpha value is -3.00.